The summed E-state index contributed by atoms with van der Waals surface area (Å²) in [5.74, 6) is 0.183. The minimum absolute atomic E-state index is 0.160. The van der Waals surface area contributed by atoms with E-state index in [1.807, 2.05) is 30.3 Å². The van der Waals surface area contributed by atoms with Crippen LogP contribution in [0.15, 0.2) is 42.5 Å². The summed E-state index contributed by atoms with van der Waals surface area (Å²) >= 11 is 0. The second-order valence-corrected chi connectivity index (χ2v) is 7.38. The van der Waals surface area contributed by atoms with Crippen molar-refractivity contribution in [3.8, 4) is 5.75 Å². The minimum atomic E-state index is -0.509. The van der Waals surface area contributed by atoms with Gasteiger partial charge in [0.05, 0.1) is 31.6 Å². The first-order valence-electron chi connectivity index (χ1n) is 10.1. The van der Waals surface area contributed by atoms with Gasteiger partial charge in [-0.1, -0.05) is 26.0 Å². The number of nitrogens with one attached hydrogen (secondary N) is 1. The normalized spacial score (nSPS) is 13.8. The summed E-state index contributed by atoms with van der Waals surface area (Å²) in [6, 6.07) is 13.0. The average Bonchev–Trinajstić information content (AvgIpc) is 2.78. The number of amides is 1. The molecule has 0 aromatic heterocycles. The van der Waals surface area contributed by atoms with Gasteiger partial charge in [0.2, 0.25) is 0 Å². The third kappa shape index (κ3) is 5.51. The van der Waals surface area contributed by atoms with E-state index in [2.05, 4.69) is 24.1 Å². The van der Waals surface area contributed by atoms with Crippen molar-refractivity contribution in [2.75, 3.05) is 50.2 Å². The molecule has 3 rings (SSSR count). The number of carbonyl (C=O) groups excluding carboxylic acids is 2. The molecule has 0 saturated carbocycles. The monoisotopic (exact) mass is 412 g/mol. The van der Waals surface area contributed by atoms with Gasteiger partial charge in [0, 0.05) is 18.8 Å². The van der Waals surface area contributed by atoms with E-state index in [-0.39, 0.29) is 12.5 Å². The summed E-state index contributed by atoms with van der Waals surface area (Å²) in [4.78, 5) is 26.8. The molecule has 1 amide bonds. The molecule has 7 nitrogen and oxygen atoms in total. The number of hydrogen-bond donors (Lipinski definition) is 1. The Hall–Kier alpha value is -3.06. The lowest BCUT2D eigenvalue weighted by molar-refractivity contribution is -0.118. The summed E-state index contributed by atoms with van der Waals surface area (Å²) in [5.41, 5.74) is 2.78. The second kappa shape index (κ2) is 10.1. The Kier molecular flexibility index (Phi) is 7.30. The van der Waals surface area contributed by atoms with Crippen LogP contribution in [0, 0.1) is 0 Å². The van der Waals surface area contributed by atoms with Crippen LogP contribution in [0.3, 0.4) is 0 Å². The number of morpholine rings is 1. The highest BCUT2D eigenvalue weighted by Gasteiger charge is 2.18. The number of methoxy groups -OCH3 is 1. The zero-order valence-corrected chi connectivity index (χ0v) is 17.6. The van der Waals surface area contributed by atoms with Gasteiger partial charge in [-0.3, -0.25) is 4.79 Å². The van der Waals surface area contributed by atoms with Crippen LogP contribution in [0.4, 0.5) is 11.4 Å². The molecule has 2 aromatic carbocycles. The molecule has 0 atom stereocenters. The molecule has 30 heavy (non-hydrogen) atoms. The van der Waals surface area contributed by atoms with Gasteiger partial charge in [-0.25, -0.2) is 4.79 Å². The van der Waals surface area contributed by atoms with Crippen molar-refractivity contribution in [3.05, 3.63) is 53.6 Å². The van der Waals surface area contributed by atoms with Crippen molar-refractivity contribution in [2.45, 2.75) is 19.8 Å². The van der Waals surface area contributed by atoms with E-state index in [1.54, 1.807) is 12.1 Å². The van der Waals surface area contributed by atoms with Crippen molar-refractivity contribution in [1.82, 2.24) is 0 Å². The van der Waals surface area contributed by atoms with Crippen LogP contribution in [0.2, 0.25) is 0 Å². The van der Waals surface area contributed by atoms with Gasteiger partial charge in [0.25, 0.3) is 5.91 Å². The average molecular weight is 412 g/mol. The van der Waals surface area contributed by atoms with E-state index in [9.17, 15) is 9.59 Å². The number of rotatable bonds is 7. The van der Waals surface area contributed by atoms with Gasteiger partial charge in [-0.2, -0.15) is 0 Å². The first kappa shape index (κ1) is 21.6. The highest BCUT2D eigenvalue weighted by molar-refractivity contribution is 6.02. The van der Waals surface area contributed by atoms with E-state index >= 15 is 0 Å². The quantitative estimate of drug-likeness (QED) is 0.702. The first-order chi connectivity index (χ1) is 14.5. The van der Waals surface area contributed by atoms with Gasteiger partial charge in [-0.05, 0) is 41.8 Å². The summed E-state index contributed by atoms with van der Waals surface area (Å²) in [5, 5.41) is 2.75. The molecule has 0 radical (unpaired) electrons. The smallest absolute Gasteiger partial charge is 0.340 e. The molecule has 0 aliphatic carbocycles. The fourth-order valence-electron chi connectivity index (χ4n) is 3.22. The van der Waals surface area contributed by atoms with Crippen LogP contribution in [-0.4, -0.2) is 51.9 Å². The molecule has 1 fully saturated rings. The molecule has 1 saturated heterocycles. The lowest BCUT2D eigenvalue weighted by atomic mass is 10.0. The molecule has 2 aromatic rings. The zero-order valence-electron chi connectivity index (χ0n) is 17.6. The molecule has 1 N–H and O–H groups in total. The van der Waals surface area contributed by atoms with E-state index in [0.717, 1.165) is 18.8 Å². The zero-order chi connectivity index (χ0) is 21.5. The highest BCUT2D eigenvalue weighted by Crippen LogP contribution is 2.25. The van der Waals surface area contributed by atoms with Crippen molar-refractivity contribution >= 4 is 23.3 Å². The van der Waals surface area contributed by atoms with E-state index in [1.165, 1.54) is 12.7 Å². The highest BCUT2D eigenvalue weighted by atomic mass is 16.5. The Morgan fingerprint density at radius 1 is 1.10 bits per heavy atom. The summed E-state index contributed by atoms with van der Waals surface area (Å²) < 4.78 is 15.8. The van der Waals surface area contributed by atoms with Gasteiger partial charge >= 0.3 is 5.97 Å². The van der Waals surface area contributed by atoms with Crippen LogP contribution in [-0.2, 0) is 14.3 Å². The SMILES string of the molecule is COC(=O)c1cc(N2CCOCC2)ccc1NC(=O)COc1ccc(C(C)C)cc1. The van der Waals surface area contributed by atoms with E-state index < -0.39 is 5.97 Å². The molecule has 0 spiro atoms. The molecular weight excluding hydrogens is 384 g/mol. The van der Waals surface area contributed by atoms with Crippen LogP contribution in [0.1, 0.15) is 35.7 Å². The fraction of sp³-hybridized carbons (Fsp3) is 0.391. The van der Waals surface area contributed by atoms with Crippen LogP contribution in [0.5, 0.6) is 5.75 Å². The Morgan fingerprint density at radius 3 is 2.43 bits per heavy atom. The summed E-state index contributed by atoms with van der Waals surface area (Å²) in [6.45, 7) is 6.85. The third-order valence-electron chi connectivity index (χ3n) is 4.98. The first-order valence-corrected chi connectivity index (χ1v) is 10.1. The Bertz CT molecular complexity index is 874. The van der Waals surface area contributed by atoms with Gasteiger partial charge < -0.3 is 24.4 Å². The molecule has 7 heteroatoms. The molecule has 0 bridgehead atoms. The second-order valence-electron chi connectivity index (χ2n) is 7.38. The van der Waals surface area contributed by atoms with Gasteiger partial charge in [-0.15, -0.1) is 0 Å². The minimum Gasteiger partial charge on any atom is -0.484 e. The molecule has 0 unspecified atom stereocenters. The van der Waals surface area contributed by atoms with Gasteiger partial charge in [0.15, 0.2) is 6.61 Å². The van der Waals surface area contributed by atoms with Crippen molar-refractivity contribution < 1.29 is 23.8 Å². The molecule has 160 valence electrons. The van der Waals surface area contributed by atoms with Gasteiger partial charge in [0.1, 0.15) is 5.75 Å². The lowest BCUT2D eigenvalue weighted by Crippen LogP contribution is -2.36. The summed E-state index contributed by atoms with van der Waals surface area (Å²) in [6.07, 6.45) is 0. The maximum absolute atomic E-state index is 12.4. The number of ether oxygens (including phenoxy) is 3. The number of esters is 1. The van der Waals surface area contributed by atoms with E-state index in [4.69, 9.17) is 14.2 Å². The topological polar surface area (TPSA) is 77.1 Å². The lowest BCUT2D eigenvalue weighted by Gasteiger charge is -2.29. The molecule has 1 aliphatic heterocycles. The van der Waals surface area contributed by atoms with E-state index in [0.29, 0.717) is 36.1 Å². The molecular formula is C23H28N2O5. The number of benzene rings is 2. The number of nitrogens with zero attached hydrogens (tertiary/aromatic N) is 1. The maximum Gasteiger partial charge on any atom is 0.340 e. The largest absolute Gasteiger partial charge is 0.484 e. The maximum atomic E-state index is 12.4. The van der Waals surface area contributed by atoms with Crippen LogP contribution >= 0.6 is 0 Å². The Morgan fingerprint density at radius 2 is 1.80 bits per heavy atom. The third-order valence-corrected chi connectivity index (χ3v) is 4.98. The summed E-state index contributed by atoms with van der Waals surface area (Å²) in [7, 11) is 1.32. The fourth-order valence-corrected chi connectivity index (χ4v) is 3.22. The standard InChI is InChI=1S/C23H28N2O5/c1-16(2)17-4-7-19(8-5-17)30-15-22(26)24-21-9-6-18(14-20(21)23(27)28-3)25-10-12-29-13-11-25/h4-9,14,16H,10-13,15H2,1-3H3,(H,24,26). The van der Waals surface area contributed by atoms with Crippen LogP contribution in [0.25, 0.3) is 0 Å². The number of anilines is 2. The Labute approximate surface area is 176 Å². The molecule has 1 aliphatic rings. The number of hydrogen-bond acceptors (Lipinski definition) is 6. The van der Waals surface area contributed by atoms with Crippen molar-refractivity contribution in [3.63, 3.8) is 0 Å². The van der Waals surface area contributed by atoms with Crippen molar-refractivity contribution in [2.24, 2.45) is 0 Å². The Balaban J connectivity index is 1.66. The predicted octanol–water partition coefficient (Wildman–Crippen LogP) is 3.45. The predicted molar refractivity (Wildman–Crippen MR) is 115 cm³/mol. The molecule has 1 heterocycles. The van der Waals surface area contributed by atoms with Crippen LogP contribution < -0.4 is 15.0 Å². The van der Waals surface area contributed by atoms with Crippen molar-refractivity contribution in [1.29, 1.82) is 0 Å². The number of carbonyl (C=O) groups is 2.